The van der Waals surface area contributed by atoms with Crippen LogP contribution in [0.25, 0.3) is 0 Å². The fraction of sp³-hybridized carbons (Fsp3) is 0.417. The summed E-state index contributed by atoms with van der Waals surface area (Å²) in [6.45, 7) is 0. The third-order valence-electron chi connectivity index (χ3n) is 3.51. The molecule has 0 bridgehead atoms. The van der Waals surface area contributed by atoms with Crippen molar-refractivity contribution in [3.05, 3.63) is 35.4 Å². The molecule has 2 aliphatic rings. The van der Waals surface area contributed by atoms with E-state index in [2.05, 4.69) is 29.6 Å². The molecule has 1 aromatic rings. The van der Waals surface area contributed by atoms with Crippen LogP contribution < -0.4 is 5.32 Å². The highest BCUT2D eigenvalue weighted by atomic mass is 16.2. The second-order valence-corrected chi connectivity index (χ2v) is 4.29. The lowest BCUT2D eigenvalue weighted by Gasteiger charge is -2.24. The number of hydrogen-bond acceptors (Lipinski definition) is 1. The van der Waals surface area contributed by atoms with Gasteiger partial charge in [-0.2, -0.15) is 0 Å². The van der Waals surface area contributed by atoms with Crippen LogP contribution in [0.2, 0.25) is 0 Å². The van der Waals surface area contributed by atoms with E-state index in [1.54, 1.807) is 0 Å². The van der Waals surface area contributed by atoms with Gasteiger partial charge in [0.1, 0.15) is 0 Å². The first-order valence-corrected chi connectivity index (χ1v) is 5.20. The van der Waals surface area contributed by atoms with E-state index in [1.165, 1.54) is 11.1 Å². The Balaban J connectivity index is 2.09. The van der Waals surface area contributed by atoms with Crippen LogP contribution >= 0.6 is 0 Å². The Morgan fingerprint density at radius 3 is 2.71 bits per heavy atom. The summed E-state index contributed by atoms with van der Waals surface area (Å²) in [5, 5.41) is 3.15. The standard InChI is InChI=1S/C12H13NO/c14-11-6-8-12(13-11)7-5-9-3-1-2-4-10(9)12/h1-4H,5-8H2,(H,13,14). The zero-order chi connectivity index (χ0) is 9.60. The molecule has 1 saturated heterocycles. The van der Waals surface area contributed by atoms with E-state index >= 15 is 0 Å². The van der Waals surface area contributed by atoms with Crippen molar-refractivity contribution >= 4 is 5.91 Å². The summed E-state index contributed by atoms with van der Waals surface area (Å²) in [6, 6.07) is 8.48. The van der Waals surface area contributed by atoms with E-state index < -0.39 is 0 Å². The molecule has 72 valence electrons. The second kappa shape index (κ2) is 2.59. The number of amides is 1. The minimum atomic E-state index is -0.00627. The fourth-order valence-electron chi connectivity index (χ4n) is 2.80. The van der Waals surface area contributed by atoms with E-state index in [4.69, 9.17) is 0 Å². The van der Waals surface area contributed by atoms with Gasteiger partial charge in [-0.25, -0.2) is 0 Å². The Hall–Kier alpha value is -1.31. The van der Waals surface area contributed by atoms with Crippen LogP contribution in [0.4, 0.5) is 0 Å². The average Bonchev–Trinajstić information content (AvgIpc) is 2.75. The quantitative estimate of drug-likeness (QED) is 0.658. The van der Waals surface area contributed by atoms with Crippen molar-refractivity contribution in [3.63, 3.8) is 0 Å². The summed E-state index contributed by atoms with van der Waals surface area (Å²) in [5.74, 6) is 0.210. The van der Waals surface area contributed by atoms with Crippen LogP contribution in [-0.2, 0) is 16.8 Å². The van der Waals surface area contributed by atoms with Crippen molar-refractivity contribution in [2.45, 2.75) is 31.2 Å². The molecule has 1 aliphatic heterocycles. The fourth-order valence-corrected chi connectivity index (χ4v) is 2.80. The Labute approximate surface area is 83.3 Å². The number of aryl methyl sites for hydroxylation is 1. The molecule has 1 unspecified atom stereocenters. The molecule has 0 aromatic heterocycles. The van der Waals surface area contributed by atoms with E-state index in [1.807, 2.05) is 0 Å². The van der Waals surface area contributed by atoms with Crippen molar-refractivity contribution in [3.8, 4) is 0 Å². The average molecular weight is 187 g/mol. The Morgan fingerprint density at radius 2 is 1.93 bits per heavy atom. The molecule has 1 spiro atoms. The number of fused-ring (bicyclic) bond motifs is 2. The van der Waals surface area contributed by atoms with Crippen molar-refractivity contribution in [1.29, 1.82) is 0 Å². The summed E-state index contributed by atoms with van der Waals surface area (Å²) >= 11 is 0. The maximum atomic E-state index is 11.3. The van der Waals surface area contributed by atoms with E-state index in [9.17, 15) is 4.79 Å². The van der Waals surface area contributed by atoms with Gasteiger partial charge >= 0.3 is 0 Å². The van der Waals surface area contributed by atoms with Gasteiger partial charge in [0.2, 0.25) is 5.91 Å². The maximum absolute atomic E-state index is 11.3. The molecule has 1 aliphatic carbocycles. The summed E-state index contributed by atoms with van der Waals surface area (Å²) in [7, 11) is 0. The van der Waals surface area contributed by atoms with Crippen molar-refractivity contribution in [2.24, 2.45) is 0 Å². The Bertz CT molecular complexity index is 399. The number of carbonyl (C=O) groups excluding carboxylic acids is 1. The molecule has 3 rings (SSSR count). The van der Waals surface area contributed by atoms with Gasteiger partial charge in [0.25, 0.3) is 0 Å². The van der Waals surface area contributed by atoms with Crippen LogP contribution in [0.15, 0.2) is 24.3 Å². The van der Waals surface area contributed by atoms with E-state index in [0.717, 1.165) is 19.3 Å². The molecule has 1 N–H and O–H groups in total. The minimum absolute atomic E-state index is 0.00627. The largest absolute Gasteiger partial charge is 0.347 e. The number of nitrogens with one attached hydrogen (secondary N) is 1. The summed E-state index contributed by atoms with van der Waals surface area (Å²) < 4.78 is 0. The number of hydrogen-bond donors (Lipinski definition) is 1. The first-order valence-electron chi connectivity index (χ1n) is 5.20. The molecule has 1 atom stereocenters. The topological polar surface area (TPSA) is 29.1 Å². The smallest absolute Gasteiger partial charge is 0.220 e. The van der Waals surface area contributed by atoms with Gasteiger partial charge in [-0.1, -0.05) is 24.3 Å². The SMILES string of the molecule is O=C1CCC2(CCc3ccccc32)N1. The predicted octanol–water partition coefficient (Wildman–Crippen LogP) is 1.74. The van der Waals surface area contributed by atoms with E-state index in [0.29, 0.717) is 6.42 Å². The highest BCUT2D eigenvalue weighted by Gasteiger charge is 2.43. The van der Waals surface area contributed by atoms with Crippen molar-refractivity contribution in [2.75, 3.05) is 0 Å². The molecular formula is C12H13NO. The monoisotopic (exact) mass is 187 g/mol. The molecule has 1 amide bonds. The molecular weight excluding hydrogens is 174 g/mol. The van der Waals surface area contributed by atoms with Crippen molar-refractivity contribution < 1.29 is 4.79 Å². The van der Waals surface area contributed by atoms with Gasteiger partial charge in [-0.15, -0.1) is 0 Å². The zero-order valence-corrected chi connectivity index (χ0v) is 8.05. The molecule has 0 radical (unpaired) electrons. The second-order valence-electron chi connectivity index (χ2n) is 4.29. The lowest BCUT2D eigenvalue weighted by Crippen LogP contribution is -2.36. The van der Waals surface area contributed by atoms with Crippen LogP contribution in [0.1, 0.15) is 30.4 Å². The van der Waals surface area contributed by atoms with Gasteiger partial charge in [0.15, 0.2) is 0 Å². The highest BCUT2D eigenvalue weighted by molar-refractivity contribution is 5.80. The molecule has 1 heterocycles. The number of benzene rings is 1. The minimum Gasteiger partial charge on any atom is -0.347 e. The zero-order valence-electron chi connectivity index (χ0n) is 8.05. The van der Waals surface area contributed by atoms with Crippen LogP contribution in [0.5, 0.6) is 0 Å². The van der Waals surface area contributed by atoms with Gasteiger partial charge in [-0.3, -0.25) is 4.79 Å². The first-order chi connectivity index (χ1) is 6.80. The summed E-state index contributed by atoms with van der Waals surface area (Å²) in [4.78, 5) is 11.3. The molecule has 1 aromatic carbocycles. The van der Waals surface area contributed by atoms with Crippen LogP contribution in [0, 0.1) is 0 Å². The molecule has 2 heteroatoms. The number of carbonyl (C=O) groups is 1. The predicted molar refractivity (Wildman–Crippen MR) is 53.8 cm³/mol. The molecule has 2 nitrogen and oxygen atoms in total. The van der Waals surface area contributed by atoms with Gasteiger partial charge in [-0.05, 0) is 30.4 Å². The van der Waals surface area contributed by atoms with E-state index in [-0.39, 0.29) is 11.4 Å². The third-order valence-corrected chi connectivity index (χ3v) is 3.51. The summed E-state index contributed by atoms with van der Waals surface area (Å²) in [6.07, 6.45) is 3.85. The summed E-state index contributed by atoms with van der Waals surface area (Å²) in [5.41, 5.74) is 2.76. The normalized spacial score (nSPS) is 29.3. The third kappa shape index (κ3) is 0.939. The van der Waals surface area contributed by atoms with Crippen LogP contribution in [-0.4, -0.2) is 5.91 Å². The first kappa shape index (κ1) is 8.04. The maximum Gasteiger partial charge on any atom is 0.220 e. The molecule has 14 heavy (non-hydrogen) atoms. The van der Waals surface area contributed by atoms with Crippen molar-refractivity contribution in [1.82, 2.24) is 5.32 Å². The lowest BCUT2D eigenvalue weighted by molar-refractivity contribution is -0.119. The Morgan fingerprint density at radius 1 is 1.14 bits per heavy atom. The van der Waals surface area contributed by atoms with Gasteiger partial charge in [0.05, 0.1) is 5.54 Å². The lowest BCUT2D eigenvalue weighted by atomic mass is 9.90. The van der Waals surface area contributed by atoms with Gasteiger partial charge in [0, 0.05) is 6.42 Å². The van der Waals surface area contributed by atoms with Gasteiger partial charge < -0.3 is 5.32 Å². The Kier molecular flexibility index (Phi) is 1.49. The number of rotatable bonds is 0. The molecule has 0 saturated carbocycles. The highest BCUT2D eigenvalue weighted by Crippen LogP contribution is 2.42. The van der Waals surface area contributed by atoms with Crippen LogP contribution in [0.3, 0.4) is 0 Å². The molecule has 1 fully saturated rings.